The van der Waals surface area contributed by atoms with E-state index in [1.54, 1.807) is 6.08 Å². The Balaban J connectivity index is 2.74. The minimum atomic E-state index is -0.985. The summed E-state index contributed by atoms with van der Waals surface area (Å²) in [6.45, 7) is 3.84. The van der Waals surface area contributed by atoms with Crippen molar-refractivity contribution in [3.05, 3.63) is 12.7 Å². The van der Waals surface area contributed by atoms with Crippen LogP contribution in [0.4, 0.5) is 0 Å². The van der Waals surface area contributed by atoms with Crippen LogP contribution in [0.3, 0.4) is 0 Å². The van der Waals surface area contributed by atoms with Gasteiger partial charge in [-0.2, -0.15) is 0 Å². The second-order valence-electron chi connectivity index (χ2n) is 3.12. The molecule has 1 saturated heterocycles. The van der Waals surface area contributed by atoms with E-state index in [2.05, 4.69) is 11.9 Å². The van der Waals surface area contributed by atoms with Crippen LogP contribution in [0.5, 0.6) is 0 Å². The van der Waals surface area contributed by atoms with Gasteiger partial charge in [0.15, 0.2) is 0 Å². The molecule has 0 bridgehead atoms. The van der Waals surface area contributed by atoms with E-state index in [4.69, 9.17) is 5.11 Å². The summed E-state index contributed by atoms with van der Waals surface area (Å²) in [7, 11) is 0. The summed E-state index contributed by atoms with van der Waals surface area (Å²) in [5.41, 5.74) is -0.985. The standard InChI is InChI=1S/C8H13NO3/c1-2-3-8(7(11)12)4-6(10)5-9-8/h2,6,9-10H,1,3-5H2,(H,11,12)/t6?,8-/m0/s1. The average molecular weight is 171 g/mol. The van der Waals surface area contributed by atoms with Gasteiger partial charge >= 0.3 is 5.97 Å². The molecule has 0 radical (unpaired) electrons. The number of aliphatic hydroxyl groups is 1. The fourth-order valence-corrected chi connectivity index (χ4v) is 1.51. The van der Waals surface area contributed by atoms with Gasteiger partial charge in [-0.25, -0.2) is 0 Å². The Labute approximate surface area is 70.9 Å². The highest BCUT2D eigenvalue weighted by Gasteiger charge is 2.43. The summed E-state index contributed by atoms with van der Waals surface area (Å²) in [4.78, 5) is 10.8. The third-order valence-corrected chi connectivity index (χ3v) is 2.16. The van der Waals surface area contributed by atoms with Gasteiger partial charge < -0.3 is 10.2 Å². The minimum absolute atomic E-state index is 0.258. The molecule has 0 aliphatic carbocycles. The SMILES string of the molecule is C=CC[C@@]1(C(=O)O)CC(O)CN1. The molecular weight excluding hydrogens is 158 g/mol. The lowest BCUT2D eigenvalue weighted by Gasteiger charge is -2.22. The van der Waals surface area contributed by atoms with Gasteiger partial charge in [-0.05, 0) is 6.42 Å². The summed E-state index contributed by atoms with van der Waals surface area (Å²) in [5, 5.41) is 20.9. The van der Waals surface area contributed by atoms with Gasteiger partial charge in [-0.15, -0.1) is 6.58 Å². The lowest BCUT2D eigenvalue weighted by molar-refractivity contribution is -0.144. The highest BCUT2D eigenvalue weighted by molar-refractivity contribution is 5.79. The first-order valence-corrected chi connectivity index (χ1v) is 3.88. The van der Waals surface area contributed by atoms with Crippen molar-refractivity contribution in [1.29, 1.82) is 0 Å². The smallest absolute Gasteiger partial charge is 0.324 e. The summed E-state index contributed by atoms with van der Waals surface area (Å²) in [6, 6.07) is 0. The molecule has 1 heterocycles. The lowest BCUT2D eigenvalue weighted by Crippen LogP contribution is -2.47. The Morgan fingerprint density at radius 1 is 1.83 bits per heavy atom. The van der Waals surface area contributed by atoms with Gasteiger partial charge in [0, 0.05) is 13.0 Å². The number of hydrogen-bond donors (Lipinski definition) is 3. The Bertz CT molecular complexity index is 204. The lowest BCUT2D eigenvalue weighted by atomic mass is 9.93. The summed E-state index contributed by atoms with van der Waals surface area (Å²) in [6.07, 6.45) is 1.61. The van der Waals surface area contributed by atoms with Crippen molar-refractivity contribution in [2.24, 2.45) is 0 Å². The quantitative estimate of drug-likeness (QED) is 0.512. The fourth-order valence-electron chi connectivity index (χ4n) is 1.51. The van der Waals surface area contributed by atoms with E-state index in [9.17, 15) is 9.90 Å². The van der Waals surface area contributed by atoms with Crippen LogP contribution >= 0.6 is 0 Å². The van der Waals surface area contributed by atoms with Crippen molar-refractivity contribution in [3.63, 3.8) is 0 Å². The zero-order valence-corrected chi connectivity index (χ0v) is 6.79. The molecule has 1 aliphatic heterocycles. The first kappa shape index (κ1) is 9.22. The van der Waals surface area contributed by atoms with Crippen LogP contribution in [0.25, 0.3) is 0 Å². The Morgan fingerprint density at radius 3 is 2.83 bits per heavy atom. The highest BCUT2D eigenvalue weighted by atomic mass is 16.4. The van der Waals surface area contributed by atoms with E-state index in [1.165, 1.54) is 0 Å². The normalized spacial score (nSPS) is 34.9. The number of rotatable bonds is 3. The van der Waals surface area contributed by atoms with E-state index >= 15 is 0 Å². The molecule has 0 saturated carbocycles. The third-order valence-electron chi connectivity index (χ3n) is 2.16. The number of aliphatic carboxylic acids is 1. The maximum atomic E-state index is 10.8. The average Bonchev–Trinajstić information content (AvgIpc) is 2.34. The fraction of sp³-hybridized carbons (Fsp3) is 0.625. The zero-order chi connectivity index (χ0) is 9.19. The van der Waals surface area contributed by atoms with Crippen molar-refractivity contribution in [1.82, 2.24) is 5.32 Å². The van der Waals surface area contributed by atoms with Crippen molar-refractivity contribution in [3.8, 4) is 0 Å². The van der Waals surface area contributed by atoms with E-state index in [-0.39, 0.29) is 6.42 Å². The molecule has 4 heteroatoms. The number of carbonyl (C=O) groups is 1. The van der Waals surface area contributed by atoms with Gasteiger partial charge in [0.05, 0.1) is 6.10 Å². The van der Waals surface area contributed by atoms with Crippen LogP contribution in [-0.4, -0.2) is 34.4 Å². The van der Waals surface area contributed by atoms with Crippen molar-refractivity contribution >= 4 is 5.97 Å². The van der Waals surface area contributed by atoms with Crippen LogP contribution < -0.4 is 5.32 Å². The highest BCUT2D eigenvalue weighted by Crippen LogP contribution is 2.23. The van der Waals surface area contributed by atoms with Crippen LogP contribution in [-0.2, 0) is 4.79 Å². The van der Waals surface area contributed by atoms with Crippen molar-refractivity contribution < 1.29 is 15.0 Å². The van der Waals surface area contributed by atoms with Gasteiger partial charge in [-0.1, -0.05) is 6.08 Å². The molecule has 0 amide bonds. The molecule has 0 aromatic carbocycles. The van der Waals surface area contributed by atoms with E-state index in [1.807, 2.05) is 0 Å². The predicted molar refractivity (Wildman–Crippen MR) is 43.8 cm³/mol. The number of hydrogen-bond acceptors (Lipinski definition) is 3. The molecular formula is C8H13NO3. The molecule has 1 unspecified atom stereocenters. The molecule has 0 spiro atoms. The van der Waals surface area contributed by atoms with Crippen LogP contribution in [0.15, 0.2) is 12.7 Å². The molecule has 4 nitrogen and oxygen atoms in total. The summed E-state index contributed by atoms with van der Waals surface area (Å²) >= 11 is 0. The molecule has 3 N–H and O–H groups in total. The zero-order valence-electron chi connectivity index (χ0n) is 6.79. The van der Waals surface area contributed by atoms with Crippen LogP contribution in [0.1, 0.15) is 12.8 Å². The first-order valence-electron chi connectivity index (χ1n) is 3.88. The molecule has 2 atom stereocenters. The second-order valence-corrected chi connectivity index (χ2v) is 3.12. The molecule has 12 heavy (non-hydrogen) atoms. The number of aliphatic hydroxyl groups excluding tert-OH is 1. The van der Waals surface area contributed by atoms with Crippen molar-refractivity contribution in [2.75, 3.05) is 6.54 Å². The topological polar surface area (TPSA) is 69.6 Å². The Morgan fingerprint density at radius 2 is 2.50 bits per heavy atom. The number of β-amino-alcohol motifs (C(OH)–C–C–N with tert-alkyl or cyclic N) is 1. The van der Waals surface area contributed by atoms with Crippen LogP contribution in [0, 0.1) is 0 Å². The second kappa shape index (κ2) is 3.25. The minimum Gasteiger partial charge on any atom is -0.480 e. The van der Waals surface area contributed by atoms with Gasteiger partial charge in [0.25, 0.3) is 0 Å². The maximum absolute atomic E-state index is 10.8. The molecule has 1 aliphatic rings. The Hall–Kier alpha value is -0.870. The predicted octanol–water partition coefficient (Wildman–Crippen LogP) is -0.260. The largest absolute Gasteiger partial charge is 0.480 e. The van der Waals surface area contributed by atoms with Gasteiger partial charge in [-0.3, -0.25) is 10.1 Å². The van der Waals surface area contributed by atoms with E-state index in [0.29, 0.717) is 13.0 Å². The molecule has 1 fully saturated rings. The number of carboxylic acid groups (broad SMARTS) is 1. The first-order chi connectivity index (χ1) is 5.60. The molecule has 0 aromatic rings. The third kappa shape index (κ3) is 1.49. The van der Waals surface area contributed by atoms with E-state index in [0.717, 1.165) is 0 Å². The van der Waals surface area contributed by atoms with Gasteiger partial charge in [0.1, 0.15) is 5.54 Å². The summed E-state index contributed by atoms with van der Waals surface area (Å²) < 4.78 is 0. The van der Waals surface area contributed by atoms with Crippen LogP contribution in [0.2, 0.25) is 0 Å². The molecule has 1 rings (SSSR count). The summed E-state index contributed by atoms with van der Waals surface area (Å²) in [5.74, 6) is -0.918. The maximum Gasteiger partial charge on any atom is 0.324 e. The van der Waals surface area contributed by atoms with E-state index < -0.39 is 17.6 Å². The molecule has 0 aromatic heterocycles. The van der Waals surface area contributed by atoms with Crippen molar-refractivity contribution in [2.45, 2.75) is 24.5 Å². The monoisotopic (exact) mass is 171 g/mol. The number of nitrogens with one attached hydrogen (secondary N) is 1. The Kier molecular flexibility index (Phi) is 2.49. The van der Waals surface area contributed by atoms with Gasteiger partial charge in [0.2, 0.25) is 0 Å². The molecule has 68 valence electrons. The number of carboxylic acids is 1.